The van der Waals surface area contributed by atoms with Crippen LogP contribution in [0, 0.1) is 12.7 Å². The molecule has 0 fully saturated rings. The minimum Gasteiger partial charge on any atom is -0.487 e. The molecule has 4 aromatic rings. The van der Waals surface area contributed by atoms with Crippen LogP contribution in [-0.4, -0.2) is 55.0 Å². The molecule has 4 rings (SSSR count). The maximum Gasteiger partial charge on any atom is 0.417 e. The van der Waals surface area contributed by atoms with Gasteiger partial charge in [-0.15, -0.1) is 0 Å². The maximum atomic E-state index is 13.7. The number of carbonyl (C=O) groups excluding carboxylic acids is 1. The summed E-state index contributed by atoms with van der Waals surface area (Å²) >= 11 is 0. The van der Waals surface area contributed by atoms with Crippen LogP contribution in [-0.2, 0) is 6.18 Å². The van der Waals surface area contributed by atoms with Gasteiger partial charge in [0.1, 0.15) is 24.3 Å². The van der Waals surface area contributed by atoms with E-state index in [1.54, 1.807) is 0 Å². The van der Waals surface area contributed by atoms with Crippen molar-refractivity contribution >= 4 is 17.4 Å². The third-order valence-electron chi connectivity index (χ3n) is 5.06. The van der Waals surface area contributed by atoms with Gasteiger partial charge in [0, 0.05) is 11.6 Å². The lowest BCUT2D eigenvalue weighted by Gasteiger charge is -2.15. The average molecular weight is 505 g/mol. The number of nitrogens with zero attached hydrogens (tertiary/aromatic N) is 4. The number of halogens is 4. The fourth-order valence-corrected chi connectivity index (χ4v) is 3.42. The Balaban J connectivity index is 1.87. The number of nitrogens with one attached hydrogen (secondary N) is 1. The predicted octanol–water partition coefficient (Wildman–Crippen LogP) is 3.24. The fourth-order valence-electron chi connectivity index (χ4n) is 3.42. The van der Waals surface area contributed by atoms with Gasteiger partial charge in [-0.3, -0.25) is 4.79 Å². The Bertz CT molecular complexity index is 1410. The van der Waals surface area contributed by atoms with E-state index in [0.29, 0.717) is 0 Å². The predicted molar refractivity (Wildman–Crippen MR) is 119 cm³/mol. The van der Waals surface area contributed by atoms with Crippen molar-refractivity contribution in [3.05, 3.63) is 71.4 Å². The van der Waals surface area contributed by atoms with E-state index in [2.05, 4.69) is 20.4 Å². The van der Waals surface area contributed by atoms with Gasteiger partial charge in [0.15, 0.2) is 17.1 Å². The molecular formula is C23H19F4N5O4. The van der Waals surface area contributed by atoms with Crippen LogP contribution in [0.25, 0.3) is 16.9 Å². The topological polar surface area (TPSA) is 122 Å². The number of pyridine rings is 1. The van der Waals surface area contributed by atoms with Crippen LogP contribution in [0.15, 0.2) is 48.7 Å². The minimum atomic E-state index is -4.69. The molecule has 0 aliphatic carbocycles. The van der Waals surface area contributed by atoms with Gasteiger partial charge in [-0.25, -0.2) is 18.9 Å². The van der Waals surface area contributed by atoms with E-state index in [4.69, 9.17) is 9.84 Å². The zero-order valence-electron chi connectivity index (χ0n) is 18.6. The van der Waals surface area contributed by atoms with Gasteiger partial charge >= 0.3 is 6.18 Å². The number of aliphatic hydroxyl groups is 2. The molecule has 0 aliphatic heterocycles. The molecule has 36 heavy (non-hydrogen) atoms. The molecule has 1 atom stereocenters. The molecule has 0 unspecified atom stereocenters. The first-order valence-corrected chi connectivity index (χ1v) is 10.5. The number of benzene rings is 1. The van der Waals surface area contributed by atoms with Crippen molar-refractivity contribution < 1.29 is 37.3 Å². The summed E-state index contributed by atoms with van der Waals surface area (Å²) in [6.07, 6.45) is -5.06. The third-order valence-corrected chi connectivity index (χ3v) is 5.06. The van der Waals surface area contributed by atoms with Gasteiger partial charge in [0.05, 0.1) is 29.8 Å². The molecule has 1 aromatic carbocycles. The highest BCUT2D eigenvalue weighted by Crippen LogP contribution is 2.37. The normalized spacial score (nSPS) is 12.5. The van der Waals surface area contributed by atoms with Crippen LogP contribution < -0.4 is 10.1 Å². The summed E-state index contributed by atoms with van der Waals surface area (Å²) in [6, 6.07) is 8.27. The smallest absolute Gasteiger partial charge is 0.417 e. The summed E-state index contributed by atoms with van der Waals surface area (Å²) < 4.78 is 60.8. The van der Waals surface area contributed by atoms with E-state index in [1.165, 1.54) is 37.3 Å². The molecule has 0 spiro atoms. The number of rotatable bonds is 7. The van der Waals surface area contributed by atoms with Crippen molar-refractivity contribution in [1.82, 2.24) is 19.6 Å². The molecule has 188 valence electrons. The summed E-state index contributed by atoms with van der Waals surface area (Å²) in [7, 11) is 0. The number of aromatic nitrogens is 4. The van der Waals surface area contributed by atoms with E-state index in [9.17, 15) is 27.5 Å². The molecule has 0 saturated heterocycles. The van der Waals surface area contributed by atoms with Crippen molar-refractivity contribution in [2.75, 3.05) is 18.5 Å². The lowest BCUT2D eigenvalue weighted by molar-refractivity contribution is -0.137. The largest absolute Gasteiger partial charge is 0.487 e. The zero-order chi connectivity index (χ0) is 26.0. The highest BCUT2D eigenvalue weighted by Gasteiger charge is 2.34. The van der Waals surface area contributed by atoms with Gasteiger partial charge in [-0.2, -0.15) is 18.3 Å². The van der Waals surface area contributed by atoms with E-state index in [-0.39, 0.29) is 39.9 Å². The SMILES string of the molecule is Cc1nc2c(OC[C@H](O)CO)cc(-c3ccccc3C(F)(F)F)nn2c1C(=O)Nc1ccc(F)cn1. The Labute approximate surface area is 201 Å². The van der Waals surface area contributed by atoms with Crippen LogP contribution in [0.3, 0.4) is 0 Å². The molecule has 0 bridgehead atoms. The second kappa shape index (κ2) is 9.87. The number of alkyl halides is 3. The quantitative estimate of drug-likeness (QED) is 0.330. The van der Waals surface area contributed by atoms with E-state index in [0.717, 1.165) is 22.8 Å². The van der Waals surface area contributed by atoms with E-state index >= 15 is 0 Å². The molecule has 3 N–H and O–H groups in total. The maximum absolute atomic E-state index is 13.7. The third kappa shape index (κ3) is 5.11. The molecule has 3 aromatic heterocycles. The Morgan fingerprint density at radius 3 is 2.64 bits per heavy atom. The number of hydrogen-bond donors (Lipinski definition) is 3. The van der Waals surface area contributed by atoms with Gasteiger partial charge < -0.3 is 20.3 Å². The highest BCUT2D eigenvalue weighted by atomic mass is 19.4. The van der Waals surface area contributed by atoms with Crippen LogP contribution in [0.4, 0.5) is 23.4 Å². The molecule has 9 nitrogen and oxygen atoms in total. The van der Waals surface area contributed by atoms with Gasteiger partial charge in [-0.05, 0) is 25.1 Å². The lowest BCUT2D eigenvalue weighted by atomic mass is 10.0. The Kier molecular flexibility index (Phi) is 6.86. The summed E-state index contributed by atoms with van der Waals surface area (Å²) in [4.78, 5) is 21.1. The Hall–Kier alpha value is -4.10. The fraction of sp³-hybridized carbons (Fsp3) is 0.217. The number of anilines is 1. The molecule has 1 amide bonds. The Morgan fingerprint density at radius 1 is 1.22 bits per heavy atom. The number of hydrogen-bond acceptors (Lipinski definition) is 7. The van der Waals surface area contributed by atoms with Crippen LogP contribution in [0.2, 0.25) is 0 Å². The van der Waals surface area contributed by atoms with Crippen molar-refractivity contribution in [2.24, 2.45) is 0 Å². The summed E-state index contributed by atoms with van der Waals surface area (Å²) in [5.41, 5.74) is -1.40. The lowest BCUT2D eigenvalue weighted by Crippen LogP contribution is -2.22. The molecule has 0 saturated carbocycles. The zero-order valence-corrected chi connectivity index (χ0v) is 18.6. The van der Waals surface area contributed by atoms with Crippen LogP contribution in [0.1, 0.15) is 21.7 Å². The minimum absolute atomic E-state index is 0.0110. The van der Waals surface area contributed by atoms with E-state index < -0.39 is 42.8 Å². The number of carbonyl (C=O) groups is 1. The number of fused-ring (bicyclic) bond motifs is 1. The second-order valence-electron chi connectivity index (χ2n) is 7.68. The first kappa shape index (κ1) is 25.0. The van der Waals surface area contributed by atoms with Gasteiger partial charge in [0.25, 0.3) is 5.91 Å². The molecule has 0 aliphatic rings. The number of imidazole rings is 1. The van der Waals surface area contributed by atoms with Crippen molar-refractivity contribution in [3.63, 3.8) is 0 Å². The highest BCUT2D eigenvalue weighted by molar-refractivity contribution is 6.04. The first-order chi connectivity index (χ1) is 17.1. The van der Waals surface area contributed by atoms with Crippen molar-refractivity contribution in [2.45, 2.75) is 19.2 Å². The van der Waals surface area contributed by atoms with Gasteiger partial charge in [0.2, 0.25) is 0 Å². The molecule has 0 radical (unpaired) electrons. The summed E-state index contributed by atoms with van der Waals surface area (Å²) in [5, 5.41) is 25.5. The van der Waals surface area contributed by atoms with Gasteiger partial charge in [-0.1, -0.05) is 18.2 Å². The van der Waals surface area contributed by atoms with Crippen LogP contribution >= 0.6 is 0 Å². The second-order valence-corrected chi connectivity index (χ2v) is 7.68. The number of ether oxygens (including phenoxy) is 1. The van der Waals surface area contributed by atoms with Crippen molar-refractivity contribution in [1.29, 1.82) is 0 Å². The Morgan fingerprint density at radius 2 is 1.97 bits per heavy atom. The summed E-state index contributed by atoms with van der Waals surface area (Å²) in [6.45, 7) is 0.470. The summed E-state index contributed by atoms with van der Waals surface area (Å²) in [5.74, 6) is -1.42. The standard InChI is InChI=1S/C23H19F4N5O4/c1-12-20(22(35)30-19-7-6-13(24)9-28-19)32-21(29-12)18(36-11-14(34)10-33)8-17(31-32)15-4-2-3-5-16(15)23(25,26)27/h2-9,14,33-34H,10-11H2,1H3,(H,28,30,35)/t14-/m1/s1. The van der Waals surface area contributed by atoms with Crippen molar-refractivity contribution in [3.8, 4) is 17.0 Å². The monoisotopic (exact) mass is 505 g/mol. The van der Waals surface area contributed by atoms with Crippen LogP contribution in [0.5, 0.6) is 5.75 Å². The van der Waals surface area contributed by atoms with E-state index in [1.807, 2.05) is 0 Å². The number of aliphatic hydroxyl groups excluding tert-OH is 2. The number of aryl methyl sites for hydroxylation is 1. The number of amides is 1. The molecular weight excluding hydrogens is 486 g/mol. The average Bonchev–Trinajstić information content (AvgIpc) is 3.19. The molecule has 3 heterocycles. The first-order valence-electron chi connectivity index (χ1n) is 10.5. The molecule has 13 heteroatoms.